The first-order valence-electron chi connectivity index (χ1n) is 8.14. The zero-order valence-electron chi connectivity index (χ0n) is 13.5. The third-order valence-corrected chi connectivity index (χ3v) is 4.91. The van der Waals surface area contributed by atoms with Crippen LogP contribution in [0.15, 0.2) is 28.7 Å². The van der Waals surface area contributed by atoms with E-state index in [1.165, 1.54) is 6.42 Å². The third-order valence-electron chi connectivity index (χ3n) is 4.91. The number of hydrogen-bond acceptors (Lipinski definition) is 4. The molecule has 1 saturated heterocycles. The van der Waals surface area contributed by atoms with Crippen molar-refractivity contribution in [1.29, 1.82) is 0 Å². The molecule has 2 aliphatic rings. The van der Waals surface area contributed by atoms with Gasteiger partial charge in [0.25, 0.3) is 5.91 Å². The van der Waals surface area contributed by atoms with Crippen molar-refractivity contribution >= 4 is 16.9 Å². The SMILES string of the molecule is COc1c(C(=O)N2CC(C)OC3(CCC3)C2)oc2ccccc12. The van der Waals surface area contributed by atoms with Crippen molar-refractivity contribution in [3.05, 3.63) is 30.0 Å². The van der Waals surface area contributed by atoms with E-state index in [4.69, 9.17) is 13.9 Å². The smallest absolute Gasteiger partial charge is 0.293 e. The molecule has 0 bridgehead atoms. The van der Waals surface area contributed by atoms with Gasteiger partial charge in [-0.15, -0.1) is 0 Å². The van der Waals surface area contributed by atoms with Gasteiger partial charge < -0.3 is 18.8 Å². The molecule has 5 heteroatoms. The summed E-state index contributed by atoms with van der Waals surface area (Å²) in [5, 5.41) is 0.831. The Kier molecular flexibility index (Phi) is 3.34. The Morgan fingerprint density at radius 1 is 1.35 bits per heavy atom. The average Bonchev–Trinajstić information content (AvgIpc) is 2.90. The summed E-state index contributed by atoms with van der Waals surface area (Å²) in [5.74, 6) is 0.698. The molecule has 23 heavy (non-hydrogen) atoms. The van der Waals surface area contributed by atoms with E-state index in [0.29, 0.717) is 24.4 Å². The fourth-order valence-electron chi connectivity index (χ4n) is 3.73. The standard InChI is InChI=1S/C18H21NO4/c1-12-10-19(11-18(23-12)8-5-9-18)17(20)16-15(21-2)13-6-3-4-7-14(13)22-16/h3-4,6-7,12H,5,8-11H2,1-2H3. The Balaban J connectivity index is 1.68. The van der Waals surface area contributed by atoms with Crippen LogP contribution in [-0.2, 0) is 4.74 Å². The van der Waals surface area contributed by atoms with Crippen LogP contribution in [0.3, 0.4) is 0 Å². The Bertz CT molecular complexity index is 747. The normalized spacial score (nSPS) is 23.0. The van der Waals surface area contributed by atoms with Gasteiger partial charge >= 0.3 is 0 Å². The van der Waals surface area contributed by atoms with E-state index in [0.717, 1.165) is 18.2 Å². The van der Waals surface area contributed by atoms with Crippen LogP contribution in [0.4, 0.5) is 0 Å². The van der Waals surface area contributed by atoms with Gasteiger partial charge in [-0.05, 0) is 38.3 Å². The summed E-state index contributed by atoms with van der Waals surface area (Å²) in [4.78, 5) is 14.9. The van der Waals surface area contributed by atoms with Crippen LogP contribution in [0, 0.1) is 0 Å². The first kappa shape index (κ1) is 14.6. The number of furan rings is 1. The van der Waals surface area contributed by atoms with Crippen LogP contribution < -0.4 is 4.74 Å². The number of hydrogen-bond donors (Lipinski definition) is 0. The van der Waals surface area contributed by atoms with Crippen molar-refractivity contribution in [2.75, 3.05) is 20.2 Å². The summed E-state index contributed by atoms with van der Waals surface area (Å²) in [6.45, 7) is 3.24. The molecule has 1 saturated carbocycles. The summed E-state index contributed by atoms with van der Waals surface area (Å²) in [5.41, 5.74) is 0.527. The fourth-order valence-corrected chi connectivity index (χ4v) is 3.73. The van der Waals surface area contributed by atoms with Gasteiger partial charge in [-0.25, -0.2) is 0 Å². The minimum absolute atomic E-state index is 0.0448. The van der Waals surface area contributed by atoms with Gasteiger partial charge in [0.1, 0.15) is 5.58 Å². The van der Waals surface area contributed by atoms with E-state index in [2.05, 4.69) is 0 Å². The molecular formula is C18H21NO4. The molecule has 0 N–H and O–H groups in total. The van der Waals surface area contributed by atoms with Crippen molar-refractivity contribution in [1.82, 2.24) is 4.90 Å². The minimum Gasteiger partial charge on any atom is -0.492 e. The molecule has 1 amide bonds. The highest BCUT2D eigenvalue weighted by Crippen LogP contribution is 2.41. The second-order valence-corrected chi connectivity index (χ2v) is 6.61. The van der Waals surface area contributed by atoms with Crippen LogP contribution in [-0.4, -0.2) is 42.7 Å². The predicted octanol–water partition coefficient (Wildman–Crippen LogP) is 3.23. The summed E-state index contributed by atoms with van der Waals surface area (Å²) in [6.07, 6.45) is 3.27. The van der Waals surface area contributed by atoms with E-state index >= 15 is 0 Å². The van der Waals surface area contributed by atoms with Gasteiger partial charge in [-0.1, -0.05) is 12.1 Å². The average molecular weight is 315 g/mol. The number of para-hydroxylation sites is 1. The number of carbonyl (C=O) groups excluding carboxylic acids is 1. The van der Waals surface area contributed by atoms with Crippen LogP contribution in [0.25, 0.3) is 11.0 Å². The van der Waals surface area contributed by atoms with E-state index in [-0.39, 0.29) is 23.4 Å². The monoisotopic (exact) mass is 315 g/mol. The summed E-state index contributed by atoms with van der Waals surface area (Å²) >= 11 is 0. The molecule has 1 aromatic heterocycles. The highest BCUT2D eigenvalue weighted by atomic mass is 16.5. The second-order valence-electron chi connectivity index (χ2n) is 6.61. The quantitative estimate of drug-likeness (QED) is 0.854. The van der Waals surface area contributed by atoms with Gasteiger partial charge in [0, 0.05) is 6.54 Å². The van der Waals surface area contributed by atoms with Crippen LogP contribution in [0.2, 0.25) is 0 Å². The molecule has 1 spiro atoms. The number of fused-ring (bicyclic) bond motifs is 1. The lowest BCUT2D eigenvalue weighted by atomic mass is 9.78. The van der Waals surface area contributed by atoms with E-state index in [9.17, 15) is 4.79 Å². The topological polar surface area (TPSA) is 51.9 Å². The van der Waals surface area contributed by atoms with Gasteiger partial charge in [0.15, 0.2) is 5.75 Å². The maximum atomic E-state index is 13.0. The van der Waals surface area contributed by atoms with Crippen LogP contribution in [0.1, 0.15) is 36.7 Å². The minimum atomic E-state index is -0.146. The van der Waals surface area contributed by atoms with Crippen molar-refractivity contribution in [2.45, 2.75) is 37.9 Å². The summed E-state index contributed by atoms with van der Waals surface area (Å²) in [7, 11) is 1.57. The Hall–Kier alpha value is -2.01. The number of ether oxygens (including phenoxy) is 2. The lowest BCUT2D eigenvalue weighted by molar-refractivity contribution is -0.176. The van der Waals surface area contributed by atoms with Crippen molar-refractivity contribution in [3.63, 3.8) is 0 Å². The lowest BCUT2D eigenvalue weighted by Gasteiger charge is -2.50. The fraction of sp³-hybridized carbons (Fsp3) is 0.500. The molecular weight excluding hydrogens is 294 g/mol. The van der Waals surface area contributed by atoms with Crippen LogP contribution >= 0.6 is 0 Å². The summed E-state index contributed by atoms with van der Waals surface area (Å²) < 4.78 is 17.3. The highest BCUT2D eigenvalue weighted by Gasteiger charge is 2.46. The zero-order chi connectivity index (χ0) is 16.0. The van der Waals surface area contributed by atoms with Crippen LogP contribution in [0.5, 0.6) is 5.75 Å². The van der Waals surface area contributed by atoms with Gasteiger partial charge in [0.2, 0.25) is 5.76 Å². The highest BCUT2D eigenvalue weighted by molar-refractivity contribution is 6.01. The first-order valence-corrected chi connectivity index (χ1v) is 8.14. The Morgan fingerprint density at radius 2 is 2.13 bits per heavy atom. The predicted molar refractivity (Wildman–Crippen MR) is 85.8 cm³/mol. The molecule has 1 unspecified atom stereocenters. The number of rotatable bonds is 2. The van der Waals surface area contributed by atoms with E-state index in [1.807, 2.05) is 36.1 Å². The number of morpholine rings is 1. The molecule has 1 aliphatic heterocycles. The van der Waals surface area contributed by atoms with Gasteiger partial charge in [0.05, 0.1) is 30.7 Å². The zero-order valence-corrected chi connectivity index (χ0v) is 13.5. The largest absolute Gasteiger partial charge is 0.492 e. The number of methoxy groups -OCH3 is 1. The third kappa shape index (κ3) is 2.30. The van der Waals surface area contributed by atoms with Gasteiger partial charge in [-0.3, -0.25) is 4.79 Å². The number of carbonyl (C=O) groups is 1. The molecule has 2 aromatic rings. The van der Waals surface area contributed by atoms with Crippen molar-refractivity contribution in [2.24, 2.45) is 0 Å². The molecule has 122 valence electrons. The molecule has 1 atom stereocenters. The molecule has 2 heterocycles. The molecule has 4 rings (SSSR count). The number of amides is 1. The van der Waals surface area contributed by atoms with Crippen molar-refractivity contribution < 1.29 is 18.7 Å². The van der Waals surface area contributed by atoms with Crippen molar-refractivity contribution in [3.8, 4) is 5.75 Å². The van der Waals surface area contributed by atoms with E-state index in [1.54, 1.807) is 7.11 Å². The molecule has 1 aromatic carbocycles. The second kappa shape index (κ2) is 5.27. The Morgan fingerprint density at radius 3 is 2.83 bits per heavy atom. The number of benzene rings is 1. The molecule has 0 radical (unpaired) electrons. The van der Waals surface area contributed by atoms with Gasteiger partial charge in [-0.2, -0.15) is 0 Å². The molecule has 5 nitrogen and oxygen atoms in total. The van der Waals surface area contributed by atoms with E-state index < -0.39 is 0 Å². The lowest BCUT2D eigenvalue weighted by Crippen LogP contribution is -2.59. The Labute approximate surface area is 135 Å². The molecule has 1 aliphatic carbocycles. The number of nitrogens with zero attached hydrogens (tertiary/aromatic N) is 1. The maximum absolute atomic E-state index is 13.0. The first-order chi connectivity index (χ1) is 11.1. The molecule has 2 fully saturated rings. The summed E-state index contributed by atoms with van der Waals surface area (Å²) in [6, 6.07) is 7.56. The maximum Gasteiger partial charge on any atom is 0.293 e.